The molecule has 1 aromatic rings. The predicted molar refractivity (Wildman–Crippen MR) is 74.9 cm³/mol. The van der Waals surface area contributed by atoms with E-state index in [9.17, 15) is 9.59 Å². The zero-order valence-electron chi connectivity index (χ0n) is 11.6. The summed E-state index contributed by atoms with van der Waals surface area (Å²) in [4.78, 5) is 25.2. The molecule has 0 aliphatic carbocycles. The lowest BCUT2D eigenvalue weighted by Crippen LogP contribution is -2.41. The van der Waals surface area contributed by atoms with E-state index < -0.39 is 5.97 Å². The van der Waals surface area contributed by atoms with E-state index in [0.29, 0.717) is 31.9 Å². The number of nitrogens with one attached hydrogen (secondary N) is 1. The normalized spacial score (nSPS) is 26.0. The van der Waals surface area contributed by atoms with E-state index in [1.54, 1.807) is 18.2 Å². The third kappa shape index (κ3) is 3.22. The molecule has 0 radical (unpaired) electrons. The maximum Gasteiger partial charge on any atom is 0.335 e. The van der Waals surface area contributed by atoms with Crippen LogP contribution in [-0.2, 0) is 16.1 Å². The lowest BCUT2D eigenvalue weighted by atomic mass is 10.1. The molecule has 21 heavy (non-hydrogen) atoms. The zero-order chi connectivity index (χ0) is 14.8. The first kappa shape index (κ1) is 14.0. The van der Waals surface area contributed by atoms with Gasteiger partial charge in [0.1, 0.15) is 0 Å². The van der Waals surface area contributed by atoms with Gasteiger partial charge in [-0.15, -0.1) is 0 Å². The number of hydrogen-bond acceptors (Lipinski definition) is 4. The van der Waals surface area contributed by atoms with Crippen LogP contribution in [0.4, 0.5) is 0 Å². The number of nitrogens with zero attached hydrogens (tertiary/aromatic N) is 1. The van der Waals surface area contributed by atoms with E-state index in [-0.39, 0.29) is 17.9 Å². The smallest absolute Gasteiger partial charge is 0.335 e. The Balaban J connectivity index is 1.74. The molecule has 2 aliphatic heterocycles. The van der Waals surface area contributed by atoms with Gasteiger partial charge >= 0.3 is 5.97 Å². The Kier molecular flexibility index (Phi) is 3.90. The molecule has 0 spiro atoms. The fraction of sp³-hybridized carbons (Fsp3) is 0.467. The van der Waals surface area contributed by atoms with Gasteiger partial charge in [0.25, 0.3) is 0 Å². The molecule has 2 heterocycles. The number of rotatable bonds is 3. The molecule has 3 rings (SSSR count). The Bertz CT molecular complexity index is 560. The van der Waals surface area contributed by atoms with Crippen molar-refractivity contribution in [3.8, 4) is 0 Å². The van der Waals surface area contributed by atoms with E-state index in [0.717, 1.165) is 12.1 Å². The first-order valence-corrected chi connectivity index (χ1v) is 7.04. The number of fused-ring (bicyclic) bond motifs is 3. The predicted octanol–water partition coefficient (Wildman–Crippen LogP) is 0.332. The SMILES string of the molecule is O=C(O)c1cccc(CN2C[C@H]3COC[C@@H](C2)C(=O)N3)c1. The molecule has 112 valence electrons. The summed E-state index contributed by atoms with van der Waals surface area (Å²) in [7, 11) is 0. The van der Waals surface area contributed by atoms with Gasteiger partial charge in [-0.05, 0) is 17.7 Å². The van der Waals surface area contributed by atoms with Crippen LogP contribution in [0.5, 0.6) is 0 Å². The molecule has 2 N–H and O–H groups in total. The fourth-order valence-electron chi connectivity index (χ4n) is 2.91. The third-order valence-corrected chi connectivity index (χ3v) is 3.89. The zero-order valence-corrected chi connectivity index (χ0v) is 11.6. The number of carbonyl (C=O) groups excluding carboxylic acids is 1. The minimum absolute atomic E-state index is 0.00709. The highest BCUT2D eigenvalue weighted by Gasteiger charge is 2.33. The van der Waals surface area contributed by atoms with Crippen molar-refractivity contribution in [2.45, 2.75) is 12.6 Å². The molecule has 0 unspecified atom stereocenters. The highest BCUT2D eigenvalue weighted by Crippen LogP contribution is 2.17. The summed E-state index contributed by atoms with van der Waals surface area (Å²) in [6.45, 7) is 2.99. The molecule has 6 nitrogen and oxygen atoms in total. The quantitative estimate of drug-likeness (QED) is 0.839. The largest absolute Gasteiger partial charge is 0.478 e. The number of carboxylic acids is 1. The lowest BCUT2D eigenvalue weighted by Gasteiger charge is -2.27. The molecule has 1 amide bonds. The average Bonchev–Trinajstić information content (AvgIpc) is 2.68. The van der Waals surface area contributed by atoms with Crippen molar-refractivity contribution in [1.82, 2.24) is 10.2 Å². The minimum atomic E-state index is -0.921. The summed E-state index contributed by atoms with van der Waals surface area (Å²) in [5.74, 6) is -1.02. The van der Waals surface area contributed by atoms with Gasteiger partial charge in [-0.2, -0.15) is 0 Å². The van der Waals surface area contributed by atoms with Gasteiger partial charge in [0, 0.05) is 19.6 Å². The molecule has 6 heteroatoms. The number of ether oxygens (including phenoxy) is 1. The Hall–Kier alpha value is -1.92. The van der Waals surface area contributed by atoms with E-state index in [1.807, 2.05) is 6.07 Å². The van der Waals surface area contributed by atoms with Gasteiger partial charge in [0.15, 0.2) is 0 Å². The monoisotopic (exact) mass is 290 g/mol. The molecule has 2 bridgehead atoms. The molecule has 2 saturated heterocycles. The Labute approximate surface area is 122 Å². The van der Waals surface area contributed by atoms with Crippen LogP contribution in [0.15, 0.2) is 24.3 Å². The Morgan fingerprint density at radius 2 is 2.24 bits per heavy atom. The van der Waals surface area contributed by atoms with E-state index >= 15 is 0 Å². The molecular weight excluding hydrogens is 272 g/mol. The Morgan fingerprint density at radius 1 is 1.38 bits per heavy atom. The van der Waals surface area contributed by atoms with Gasteiger partial charge in [-0.1, -0.05) is 12.1 Å². The van der Waals surface area contributed by atoms with Crippen LogP contribution in [0, 0.1) is 5.92 Å². The van der Waals surface area contributed by atoms with E-state index in [4.69, 9.17) is 9.84 Å². The maximum absolute atomic E-state index is 11.9. The first-order valence-electron chi connectivity index (χ1n) is 7.04. The van der Waals surface area contributed by atoms with Gasteiger partial charge in [0.2, 0.25) is 5.91 Å². The second kappa shape index (κ2) is 5.83. The number of carbonyl (C=O) groups is 2. The maximum atomic E-state index is 11.9. The van der Waals surface area contributed by atoms with Gasteiger partial charge in [0.05, 0.1) is 30.7 Å². The van der Waals surface area contributed by atoms with Crippen molar-refractivity contribution >= 4 is 11.9 Å². The van der Waals surface area contributed by atoms with Crippen LogP contribution in [0.2, 0.25) is 0 Å². The van der Waals surface area contributed by atoms with Crippen LogP contribution in [-0.4, -0.2) is 54.2 Å². The van der Waals surface area contributed by atoms with Crippen LogP contribution in [0.25, 0.3) is 0 Å². The third-order valence-electron chi connectivity index (χ3n) is 3.89. The molecule has 0 aromatic heterocycles. The molecular formula is C15H18N2O4. The van der Waals surface area contributed by atoms with Crippen molar-refractivity contribution in [3.05, 3.63) is 35.4 Å². The molecule has 0 saturated carbocycles. The summed E-state index contributed by atoms with van der Waals surface area (Å²) in [5.41, 5.74) is 1.24. The first-order chi connectivity index (χ1) is 10.1. The fourth-order valence-corrected chi connectivity index (χ4v) is 2.91. The van der Waals surface area contributed by atoms with Crippen LogP contribution < -0.4 is 5.32 Å². The summed E-state index contributed by atoms with van der Waals surface area (Å²) < 4.78 is 5.49. The van der Waals surface area contributed by atoms with Gasteiger partial charge in [-0.25, -0.2) is 4.79 Å². The summed E-state index contributed by atoms with van der Waals surface area (Å²) in [6.07, 6.45) is 0. The second-order valence-electron chi connectivity index (χ2n) is 5.64. The standard InChI is InChI=1S/C15H18N2O4/c18-14-12-6-17(7-13(16-14)9-21-8-12)5-10-2-1-3-11(4-10)15(19)20/h1-4,12-13H,5-9H2,(H,16,18)(H,19,20)/t12-,13+/m1/s1. The number of aromatic carboxylic acids is 1. The Morgan fingerprint density at radius 3 is 3.05 bits per heavy atom. The van der Waals surface area contributed by atoms with Crippen LogP contribution in [0.1, 0.15) is 15.9 Å². The number of benzene rings is 1. The van der Waals surface area contributed by atoms with Crippen molar-refractivity contribution in [3.63, 3.8) is 0 Å². The van der Waals surface area contributed by atoms with Crippen molar-refractivity contribution in [2.24, 2.45) is 5.92 Å². The van der Waals surface area contributed by atoms with Crippen molar-refractivity contribution in [2.75, 3.05) is 26.3 Å². The summed E-state index contributed by atoms with van der Waals surface area (Å²) in [5, 5.41) is 12.0. The highest BCUT2D eigenvalue weighted by molar-refractivity contribution is 5.87. The number of carboxylic acid groups (broad SMARTS) is 1. The molecule has 2 aliphatic rings. The number of hydrogen-bond donors (Lipinski definition) is 2. The van der Waals surface area contributed by atoms with E-state index in [2.05, 4.69) is 10.2 Å². The van der Waals surface area contributed by atoms with Crippen LogP contribution in [0.3, 0.4) is 0 Å². The van der Waals surface area contributed by atoms with Crippen LogP contribution >= 0.6 is 0 Å². The molecule has 1 aromatic carbocycles. The van der Waals surface area contributed by atoms with Crippen molar-refractivity contribution in [1.29, 1.82) is 0 Å². The summed E-state index contributed by atoms with van der Waals surface area (Å²) in [6, 6.07) is 6.95. The average molecular weight is 290 g/mol. The van der Waals surface area contributed by atoms with Crippen molar-refractivity contribution < 1.29 is 19.4 Å². The number of amides is 1. The lowest BCUT2D eigenvalue weighted by molar-refractivity contribution is -0.125. The van der Waals surface area contributed by atoms with E-state index in [1.165, 1.54) is 0 Å². The highest BCUT2D eigenvalue weighted by atomic mass is 16.5. The van der Waals surface area contributed by atoms with Gasteiger partial charge < -0.3 is 15.2 Å². The topological polar surface area (TPSA) is 78.9 Å². The summed E-state index contributed by atoms with van der Waals surface area (Å²) >= 11 is 0. The molecule has 2 atom stereocenters. The molecule has 2 fully saturated rings. The minimum Gasteiger partial charge on any atom is -0.478 e. The second-order valence-corrected chi connectivity index (χ2v) is 5.64. The van der Waals surface area contributed by atoms with Gasteiger partial charge in [-0.3, -0.25) is 9.69 Å².